The number of anilines is 2. The Bertz CT molecular complexity index is 837. The van der Waals surface area contributed by atoms with Gasteiger partial charge in [0.25, 0.3) is 0 Å². The van der Waals surface area contributed by atoms with Crippen molar-refractivity contribution in [1.29, 1.82) is 5.26 Å². The van der Waals surface area contributed by atoms with Crippen LogP contribution in [0.15, 0.2) is 42.5 Å². The molecule has 0 spiro atoms. The van der Waals surface area contributed by atoms with Crippen LogP contribution in [0.4, 0.5) is 11.4 Å². The Morgan fingerprint density at radius 3 is 2.60 bits per heavy atom. The van der Waals surface area contributed by atoms with Gasteiger partial charge in [-0.2, -0.15) is 5.26 Å². The molecular formula is C20H21N3O2. The summed E-state index contributed by atoms with van der Waals surface area (Å²) in [5.41, 5.74) is 3.93. The van der Waals surface area contributed by atoms with Gasteiger partial charge in [0, 0.05) is 31.3 Å². The molecule has 0 atom stereocenters. The van der Waals surface area contributed by atoms with Gasteiger partial charge in [0.05, 0.1) is 11.6 Å². The number of nitrogens with one attached hydrogen (secondary N) is 1. The van der Waals surface area contributed by atoms with Crippen LogP contribution in [-0.4, -0.2) is 18.4 Å². The minimum absolute atomic E-state index is 0.104. The van der Waals surface area contributed by atoms with Crippen LogP contribution in [0.2, 0.25) is 0 Å². The lowest BCUT2D eigenvalue weighted by Gasteiger charge is -2.23. The number of nitriles is 1. The standard InChI is InChI=1S/C20H21N3O2/c1-14-7-8-15(2)19(11-14)23(16(3)24)10-9-20(25)22-18-6-4-5-17(12-18)13-21/h4-8,11-12H,9-10H2,1-3H3,(H,22,25). The van der Waals surface area contributed by atoms with Crippen LogP contribution in [0.25, 0.3) is 0 Å². The Labute approximate surface area is 147 Å². The van der Waals surface area contributed by atoms with E-state index in [2.05, 4.69) is 5.32 Å². The summed E-state index contributed by atoms with van der Waals surface area (Å²) >= 11 is 0. The van der Waals surface area contributed by atoms with Crippen molar-refractivity contribution in [2.45, 2.75) is 27.2 Å². The van der Waals surface area contributed by atoms with Crippen molar-refractivity contribution in [3.05, 3.63) is 59.2 Å². The number of carbonyl (C=O) groups excluding carboxylic acids is 2. The van der Waals surface area contributed by atoms with Crippen molar-refractivity contribution in [1.82, 2.24) is 0 Å². The average molecular weight is 335 g/mol. The molecule has 0 saturated carbocycles. The zero-order chi connectivity index (χ0) is 18.4. The summed E-state index contributed by atoms with van der Waals surface area (Å²) in [5.74, 6) is -0.306. The predicted molar refractivity (Wildman–Crippen MR) is 98.3 cm³/mol. The third kappa shape index (κ3) is 4.92. The average Bonchev–Trinajstić information content (AvgIpc) is 2.58. The molecule has 0 radical (unpaired) electrons. The molecule has 0 heterocycles. The van der Waals surface area contributed by atoms with Crippen molar-refractivity contribution in [2.24, 2.45) is 0 Å². The van der Waals surface area contributed by atoms with Crippen molar-refractivity contribution in [2.75, 3.05) is 16.8 Å². The zero-order valence-corrected chi connectivity index (χ0v) is 14.7. The van der Waals surface area contributed by atoms with Crippen LogP contribution < -0.4 is 10.2 Å². The molecule has 25 heavy (non-hydrogen) atoms. The minimum atomic E-state index is -0.202. The SMILES string of the molecule is CC(=O)N(CCC(=O)Nc1cccc(C#N)c1)c1cc(C)ccc1C. The van der Waals surface area contributed by atoms with Crippen molar-refractivity contribution < 1.29 is 9.59 Å². The van der Waals surface area contributed by atoms with Crippen molar-refractivity contribution >= 4 is 23.2 Å². The van der Waals surface area contributed by atoms with Crippen molar-refractivity contribution in [3.63, 3.8) is 0 Å². The predicted octanol–water partition coefficient (Wildman–Crippen LogP) is 3.56. The largest absolute Gasteiger partial charge is 0.326 e. The van der Waals surface area contributed by atoms with E-state index in [1.807, 2.05) is 38.1 Å². The molecule has 2 aromatic carbocycles. The molecule has 2 aromatic rings. The quantitative estimate of drug-likeness (QED) is 0.908. The monoisotopic (exact) mass is 335 g/mol. The molecule has 128 valence electrons. The molecule has 0 aliphatic carbocycles. The Kier molecular flexibility index (Phi) is 5.91. The highest BCUT2D eigenvalue weighted by Crippen LogP contribution is 2.22. The molecule has 2 amide bonds. The van der Waals surface area contributed by atoms with E-state index in [9.17, 15) is 9.59 Å². The maximum Gasteiger partial charge on any atom is 0.226 e. The van der Waals surface area contributed by atoms with Gasteiger partial charge >= 0.3 is 0 Å². The molecule has 0 unspecified atom stereocenters. The minimum Gasteiger partial charge on any atom is -0.326 e. The summed E-state index contributed by atoms with van der Waals surface area (Å²) in [7, 11) is 0. The van der Waals surface area contributed by atoms with Crippen LogP contribution in [-0.2, 0) is 9.59 Å². The van der Waals surface area contributed by atoms with E-state index in [-0.39, 0.29) is 18.2 Å². The van der Waals surface area contributed by atoms with Gasteiger partial charge in [-0.1, -0.05) is 18.2 Å². The van der Waals surface area contributed by atoms with Gasteiger partial charge in [-0.25, -0.2) is 0 Å². The lowest BCUT2D eigenvalue weighted by atomic mass is 10.1. The first kappa shape index (κ1) is 18.2. The maximum absolute atomic E-state index is 12.2. The second-order valence-corrected chi connectivity index (χ2v) is 5.95. The molecule has 0 fully saturated rings. The number of hydrogen-bond donors (Lipinski definition) is 1. The Morgan fingerprint density at radius 2 is 1.92 bits per heavy atom. The van der Waals surface area contributed by atoms with E-state index in [1.54, 1.807) is 29.2 Å². The summed E-state index contributed by atoms with van der Waals surface area (Å²) in [6.45, 7) is 5.70. The van der Waals surface area contributed by atoms with Crippen LogP contribution in [0, 0.1) is 25.2 Å². The van der Waals surface area contributed by atoms with Crippen LogP contribution in [0.5, 0.6) is 0 Å². The van der Waals surface area contributed by atoms with E-state index in [4.69, 9.17) is 5.26 Å². The lowest BCUT2D eigenvalue weighted by molar-refractivity contribution is -0.117. The first-order valence-electron chi connectivity index (χ1n) is 8.06. The number of carbonyl (C=O) groups is 2. The summed E-state index contributed by atoms with van der Waals surface area (Å²) in [5, 5.41) is 11.7. The summed E-state index contributed by atoms with van der Waals surface area (Å²) in [6, 6.07) is 14.7. The highest BCUT2D eigenvalue weighted by atomic mass is 16.2. The van der Waals surface area contributed by atoms with E-state index in [1.165, 1.54) is 6.92 Å². The molecule has 0 aliphatic rings. The van der Waals surface area contributed by atoms with Gasteiger partial charge in [0.15, 0.2) is 0 Å². The van der Waals surface area contributed by atoms with Gasteiger partial charge < -0.3 is 10.2 Å². The molecule has 0 aliphatic heterocycles. The number of amides is 2. The number of benzene rings is 2. The maximum atomic E-state index is 12.2. The third-order valence-electron chi connectivity index (χ3n) is 3.87. The Balaban J connectivity index is 2.06. The number of hydrogen-bond acceptors (Lipinski definition) is 3. The van der Waals surface area contributed by atoms with Gasteiger partial charge in [0.2, 0.25) is 11.8 Å². The first-order chi connectivity index (χ1) is 11.9. The van der Waals surface area contributed by atoms with Gasteiger partial charge in [-0.05, 0) is 49.2 Å². The molecule has 0 bridgehead atoms. The normalized spacial score (nSPS) is 10.0. The molecule has 2 rings (SSSR count). The fourth-order valence-corrected chi connectivity index (χ4v) is 2.56. The highest BCUT2D eigenvalue weighted by Gasteiger charge is 2.15. The van der Waals surface area contributed by atoms with Crippen LogP contribution >= 0.6 is 0 Å². The Hall–Kier alpha value is -3.13. The first-order valence-corrected chi connectivity index (χ1v) is 8.06. The van der Waals surface area contributed by atoms with Gasteiger partial charge in [-0.15, -0.1) is 0 Å². The second-order valence-electron chi connectivity index (χ2n) is 5.95. The number of rotatable bonds is 5. The van der Waals surface area contributed by atoms with E-state index < -0.39 is 0 Å². The fraction of sp³-hybridized carbons (Fsp3) is 0.250. The third-order valence-corrected chi connectivity index (χ3v) is 3.87. The second kappa shape index (κ2) is 8.11. The van der Waals surface area contributed by atoms with Crippen molar-refractivity contribution in [3.8, 4) is 6.07 Å². The fourth-order valence-electron chi connectivity index (χ4n) is 2.56. The lowest BCUT2D eigenvalue weighted by Crippen LogP contribution is -2.32. The van der Waals surface area contributed by atoms with Crippen LogP contribution in [0.1, 0.15) is 30.0 Å². The topological polar surface area (TPSA) is 73.2 Å². The van der Waals surface area contributed by atoms with E-state index in [0.29, 0.717) is 17.8 Å². The number of aryl methyl sites for hydroxylation is 2. The highest BCUT2D eigenvalue weighted by molar-refractivity contribution is 5.95. The molecule has 5 nitrogen and oxygen atoms in total. The summed E-state index contributed by atoms with van der Waals surface area (Å²) in [4.78, 5) is 25.8. The van der Waals surface area contributed by atoms with Crippen LogP contribution in [0.3, 0.4) is 0 Å². The molecular weight excluding hydrogens is 314 g/mol. The molecule has 1 N–H and O–H groups in total. The van der Waals surface area contributed by atoms with Gasteiger partial charge in [0.1, 0.15) is 0 Å². The molecule has 0 aromatic heterocycles. The van der Waals surface area contributed by atoms with E-state index >= 15 is 0 Å². The summed E-state index contributed by atoms with van der Waals surface area (Å²) in [6.07, 6.45) is 0.170. The molecule has 5 heteroatoms. The Morgan fingerprint density at radius 1 is 1.16 bits per heavy atom. The zero-order valence-electron chi connectivity index (χ0n) is 14.7. The van der Waals surface area contributed by atoms with E-state index in [0.717, 1.165) is 16.8 Å². The van der Waals surface area contributed by atoms with Gasteiger partial charge in [-0.3, -0.25) is 9.59 Å². The smallest absolute Gasteiger partial charge is 0.226 e. The summed E-state index contributed by atoms with van der Waals surface area (Å²) < 4.78 is 0. The number of nitrogens with zero attached hydrogens (tertiary/aromatic N) is 2. The molecule has 0 saturated heterocycles.